The predicted molar refractivity (Wildman–Crippen MR) is 152 cm³/mol. The number of carbonyl (C=O) groups is 3. The Morgan fingerprint density at radius 2 is 1.82 bits per heavy atom. The zero-order valence-corrected chi connectivity index (χ0v) is 23.6. The summed E-state index contributed by atoms with van der Waals surface area (Å²) in [4.78, 5) is 43.7. The molecule has 2 fully saturated rings. The van der Waals surface area contributed by atoms with E-state index in [-0.39, 0.29) is 37.5 Å². The first kappa shape index (κ1) is 27.2. The number of nitrogens with one attached hydrogen (secondary N) is 1. The molecular formula is C28H30N2O5S3. The Hall–Kier alpha value is -2.40. The molecule has 0 aromatic heterocycles. The van der Waals surface area contributed by atoms with Crippen LogP contribution in [-0.2, 0) is 24.8 Å². The van der Waals surface area contributed by atoms with Crippen LogP contribution in [0.2, 0.25) is 0 Å². The van der Waals surface area contributed by atoms with Gasteiger partial charge >= 0.3 is 5.97 Å². The number of amides is 2. The van der Waals surface area contributed by atoms with Crippen molar-refractivity contribution in [3.63, 3.8) is 0 Å². The van der Waals surface area contributed by atoms with Crippen molar-refractivity contribution in [2.24, 2.45) is 0 Å². The average molecular weight is 571 g/mol. The fourth-order valence-electron chi connectivity index (χ4n) is 4.94. The van der Waals surface area contributed by atoms with Gasteiger partial charge in [0.05, 0.1) is 9.78 Å². The largest absolute Gasteiger partial charge is 0.378 e. The number of thioether (sulfide) groups is 2. The van der Waals surface area contributed by atoms with Crippen LogP contribution in [0, 0.1) is 0 Å². The molecule has 2 N–H and O–H groups in total. The van der Waals surface area contributed by atoms with Crippen LogP contribution in [0.15, 0.2) is 64.5 Å². The van der Waals surface area contributed by atoms with E-state index in [0.29, 0.717) is 17.8 Å². The summed E-state index contributed by atoms with van der Waals surface area (Å²) in [7, 11) is 0. The number of rotatable bonds is 7. The Kier molecular flexibility index (Phi) is 7.86. The molecule has 5 rings (SSSR count). The molecule has 0 spiro atoms. The summed E-state index contributed by atoms with van der Waals surface area (Å²) in [5, 5.41) is 16.4. The second kappa shape index (κ2) is 11.0. The van der Waals surface area contributed by atoms with Gasteiger partial charge in [-0.25, -0.2) is 4.79 Å². The van der Waals surface area contributed by atoms with Gasteiger partial charge in [-0.3, -0.25) is 9.59 Å². The molecule has 1 atom stereocenters. The number of nitrogens with zero attached hydrogens (tertiary/aromatic N) is 1. The Morgan fingerprint density at radius 1 is 1.08 bits per heavy atom. The number of hydrogen-bond acceptors (Lipinski definition) is 8. The third-order valence-electron chi connectivity index (χ3n) is 6.97. The molecule has 0 radical (unpaired) electrons. The SMILES string of the molecule is C=C1CCC(=O)N1OC(=O)CCCC(=O)Nc1ccc2c(c1)C(O)(C1(C)SCCCS1)c1ccccc1S2. The molecule has 1 unspecified atom stereocenters. The van der Waals surface area contributed by atoms with Crippen molar-refractivity contribution in [2.75, 3.05) is 16.8 Å². The normalized spacial score (nSPS) is 22.0. The lowest BCUT2D eigenvalue weighted by Crippen LogP contribution is -2.49. The lowest BCUT2D eigenvalue weighted by molar-refractivity contribution is -0.186. The van der Waals surface area contributed by atoms with Crippen molar-refractivity contribution < 1.29 is 24.3 Å². The van der Waals surface area contributed by atoms with Gasteiger partial charge in [0.25, 0.3) is 5.91 Å². The maximum absolute atomic E-state index is 12.7. The van der Waals surface area contributed by atoms with E-state index in [0.717, 1.165) is 43.9 Å². The number of hydroxylamine groups is 2. The minimum absolute atomic E-state index is 0.00858. The lowest BCUT2D eigenvalue weighted by Gasteiger charge is -2.49. The Labute approximate surface area is 235 Å². The van der Waals surface area contributed by atoms with Gasteiger partial charge in [-0.05, 0) is 62.0 Å². The third kappa shape index (κ3) is 5.11. The van der Waals surface area contributed by atoms with Gasteiger partial charge in [0, 0.05) is 45.9 Å². The average Bonchev–Trinajstić information content (AvgIpc) is 3.21. The quantitative estimate of drug-likeness (QED) is 0.439. The maximum atomic E-state index is 12.7. The topological polar surface area (TPSA) is 95.9 Å². The van der Waals surface area contributed by atoms with Crippen LogP contribution in [0.25, 0.3) is 0 Å². The van der Waals surface area contributed by atoms with Crippen molar-refractivity contribution in [1.82, 2.24) is 5.06 Å². The van der Waals surface area contributed by atoms with Crippen molar-refractivity contribution in [3.8, 4) is 0 Å². The van der Waals surface area contributed by atoms with Gasteiger partial charge in [-0.2, -0.15) is 0 Å². The van der Waals surface area contributed by atoms with Gasteiger partial charge < -0.3 is 15.3 Å². The number of carbonyl (C=O) groups excluding carboxylic acids is 3. The molecule has 2 aromatic rings. The van der Waals surface area contributed by atoms with Crippen molar-refractivity contribution >= 4 is 58.8 Å². The number of hydrogen-bond donors (Lipinski definition) is 2. The van der Waals surface area contributed by atoms with Crippen LogP contribution in [0.5, 0.6) is 0 Å². The Balaban J connectivity index is 1.28. The zero-order chi connectivity index (χ0) is 26.9. The molecule has 2 aromatic carbocycles. The summed E-state index contributed by atoms with van der Waals surface area (Å²) in [5.41, 5.74) is 1.52. The molecule has 3 heterocycles. The number of fused-ring (bicyclic) bond motifs is 2. The molecule has 7 nitrogen and oxygen atoms in total. The number of anilines is 1. The minimum atomic E-state index is -1.23. The van der Waals surface area contributed by atoms with Crippen molar-refractivity contribution in [2.45, 2.75) is 64.9 Å². The third-order valence-corrected chi connectivity index (χ3v) is 11.5. The number of aliphatic hydroxyl groups is 1. The molecule has 0 saturated carbocycles. The second-order valence-electron chi connectivity index (χ2n) is 9.64. The van der Waals surface area contributed by atoms with Crippen LogP contribution in [0.1, 0.15) is 56.6 Å². The van der Waals surface area contributed by atoms with E-state index in [1.807, 2.05) is 42.5 Å². The summed E-state index contributed by atoms with van der Waals surface area (Å²) in [6.45, 7) is 5.84. The van der Waals surface area contributed by atoms with Crippen LogP contribution >= 0.6 is 35.3 Å². The van der Waals surface area contributed by atoms with Gasteiger partial charge in [-0.1, -0.05) is 36.5 Å². The van der Waals surface area contributed by atoms with Crippen LogP contribution in [-0.4, -0.2) is 43.5 Å². The Bertz CT molecular complexity index is 1280. The molecule has 2 amide bonds. The molecule has 38 heavy (non-hydrogen) atoms. The van der Waals surface area contributed by atoms with Crippen LogP contribution in [0.3, 0.4) is 0 Å². The molecule has 3 aliphatic rings. The number of allylic oxidation sites excluding steroid dienone is 1. The lowest BCUT2D eigenvalue weighted by atomic mass is 9.82. The summed E-state index contributed by atoms with van der Waals surface area (Å²) < 4.78 is -0.484. The van der Waals surface area contributed by atoms with Crippen LogP contribution < -0.4 is 5.32 Å². The van der Waals surface area contributed by atoms with E-state index < -0.39 is 15.6 Å². The second-order valence-corrected chi connectivity index (χ2v) is 14.0. The summed E-state index contributed by atoms with van der Waals surface area (Å²) in [6, 6.07) is 13.7. The van der Waals surface area contributed by atoms with E-state index >= 15 is 0 Å². The molecule has 3 aliphatic heterocycles. The smallest absolute Gasteiger partial charge is 0.333 e. The molecule has 200 valence electrons. The molecule has 2 saturated heterocycles. The highest BCUT2D eigenvalue weighted by atomic mass is 32.2. The van der Waals surface area contributed by atoms with E-state index in [1.54, 1.807) is 35.3 Å². The first-order valence-corrected chi connectivity index (χ1v) is 15.4. The molecule has 0 aliphatic carbocycles. The van der Waals surface area contributed by atoms with E-state index in [1.165, 1.54) is 0 Å². The fraction of sp³-hybridized carbons (Fsp3) is 0.393. The van der Waals surface area contributed by atoms with Gasteiger partial charge in [-0.15, -0.1) is 28.6 Å². The Morgan fingerprint density at radius 3 is 2.55 bits per heavy atom. The highest BCUT2D eigenvalue weighted by Gasteiger charge is 2.54. The molecule has 10 heteroatoms. The summed E-state index contributed by atoms with van der Waals surface area (Å²) >= 11 is 5.20. The highest BCUT2D eigenvalue weighted by Crippen LogP contribution is 2.61. The fourth-order valence-corrected chi connectivity index (χ4v) is 9.33. The summed E-state index contributed by atoms with van der Waals surface area (Å²) in [5.74, 6) is 0.872. The molecular weight excluding hydrogens is 541 g/mol. The maximum Gasteiger partial charge on any atom is 0.333 e. The summed E-state index contributed by atoms with van der Waals surface area (Å²) in [6.07, 6.45) is 2.27. The van der Waals surface area contributed by atoms with E-state index in [2.05, 4.69) is 18.8 Å². The van der Waals surface area contributed by atoms with Gasteiger partial charge in [0.15, 0.2) is 0 Å². The van der Waals surface area contributed by atoms with Crippen molar-refractivity contribution in [3.05, 3.63) is 65.9 Å². The minimum Gasteiger partial charge on any atom is -0.378 e. The predicted octanol–water partition coefficient (Wildman–Crippen LogP) is 5.68. The van der Waals surface area contributed by atoms with E-state index in [9.17, 15) is 19.5 Å². The van der Waals surface area contributed by atoms with Gasteiger partial charge in [0.1, 0.15) is 5.60 Å². The highest BCUT2D eigenvalue weighted by molar-refractivity contribution is 8.18. The first-order valence-electron chi connectivity index (χ1n) is 12.6. The van der Waals surface area contributed by atoms with E-state index in [4.69, 9.17) is 4.84 Å². The van der Waals surface area contributed by atoms with Crippen LogP contribution in [0.4, 0.5) is 5.69 Å². The zero-order valence-electron chi connectivity index (χ0n) is 21.2. The standard InChI is InChI=1S/C28H30N2O5S3/c1-18-11-14-25(32)30(18)35-26(33)10-5-9-24(31)29-19-12-13-23-21(17-19)28(34,27(2)36-15-6-16-37-27)20-7-3-4-8-22(20)38-23/h3-4,7-8,12-13,17,34H,1,5-6,9-11,14-16H2,2H3,(H,29,31). The molecule has 0 bridgehead atoms. The van der Waals surface area contributed by atoms with Crippen molar-refractivity contribution in [1.29, 1.82) is 0 Å². The first-order chi connectivity index (χ1) is 18.2. The van der Waals surface area contributed by atoms with Gasteiger partial charge in [0.2, 0.25) is 5.91 Å². The monoisotopic (exact) mass is 570 g/mol. The number of benzene rings is 2.